The highest BCUT2D eigenvalue weighted by atomic mass is 35.5. The molecule has 1 nitrogen and oxygen atoms in total. The number of hydrogen-bond donors (Lipinski definition) is 1. The van der Waals surface area contributed by atoms with E-state index in [-0.39, 0.29) is 11.8 Å². The number of hydrogen-bond acceptors (Lipinski definition) is 1. The molecule has 0 radical (unpaired) electrons. The average Bonchev–Trinajstić information content (AvgIpc) is 2.48. The molecule has 110 valence electrons. The van der Waals surface area contributed by atoms with Crippen molar-refractivity contribution in [2.45, 2.75) is 18.3 Å². The van der Waals surface area contributed by atoms with E-state index in [2.05, 4.69) is 5.32 Å². The van der Waals surface area contributed by atoms with Gasteiger partial charge in [-0.1, -0.05) is 29.8 Å². The lowest BCUT2D eigenvalue weighted by atomic mass is 9.77. The SMILES string of the molecule is Fc1ccc(C2CCNCC2c2ccc(Cl)cc2)c(F)c1. The molecule has 0 bridgehead atoms. The van der Waals surface area contributed by atoms with E-state index in [4.69, 9.17) is 11.6 Å². The molecular weight excluding hydrogens is 292 g/mol. The van der Waals surface area contributed by atoms with Gasteiger partial charge >= 0.3 is 0 Å². The first kappa shape index (κ1) is 14.5. The smallest absolute Gasteiger partial charge is 0.129 e. The zero-order chi connectivity index (χ0) is 14.8. The number of benzene rings is 2. The van der Waals surface area contributed by atoms with Crippen LogP contribution in [0.1, 0.15) is 29.4 Å². The highest BCUT2D eigenvalue weighted by molar-refractivity contribution is 6.30. The zero-order valence-electron chi connectivity index (χ0n) is 11.5. The molecule has 0 amide bonds. The largest absolute Gasteiger partial charge is 0.316 e. The molecule has 1 aliphatic heterocycles. The minimum absolute atomic E-state index is 0.0491. The highest BCUT2D eigenvalue weighted by Gasteiger charge is 2.29. The molecule has 1 N–H and O–H groups in total. The second-order valence-corrected chi connectivity index (χ2v) is 5.86. The van der Waals surface area contributed by atoms with Crippen LogP contribution in [0.2, 0.25) is 5.02 Å². The molecular formula is C17H16ClF2N. The summed E-state index contributed by atoms with van der Waals surface area (Å²) < 4.78 is 27.2. The predicted molar refractivity (Wildman–Crippen MR) is 80.8 cm³/mol. The van der Waals surface area contributed by atoms with Crippen LogP contribution in [-0.2, 0) is 0 Å². The van der Waals surface area contributed by atoms with Crippen LogP contribution in [0, 0.1) is 11.6 Å². The molecule has 1 saturated heterocycles. The van der Waals surface area contributed by atoms with E-state index in [0.29, 0.717) is 10.6 Å². The first-order valence-electron chi connectivity index (χ1n) is 7.06. The van der Waals surface area contributed by atoms with Gasteiger partial charge in [-0.05, 0) is 48.2 Å². The van der Waals surface area contributed by atoms with Crippen LogP contribution in [0.25, 0.3) is 0 Å². The molecule has 1 fully saturated rings. The minimum Gasteiger partial charge on any atom is -0.316 e. The van der Waals surface area contributed by atoms with Gasteiger partial charge in [0, 0.05) is 23.6 Å². The van der Waals surface area contributed by atoms with Gasteiger partial charge in [0.05, 0.1) is 0 Å². The van der Waals surface area contributed by atoms with Gasteiger partial charge in [0.2, 0.25) is 0 Å². The molecule has 21 heavy (non-hydrogen) atoms. The molecule has 0 aliphatic carbocycles. The first-order chi connectivity index (χ1) is 10.1. The molecule has 0 saturated carbocycles. The van der Waals surface area contributed by atoms with Crippen LogP contribution in [-0.4, -0.2) is 13.1 Å². The van der Waals surface area contributed by atoms with Crippen molar-refractivity contribution < 1.29 is 8.78 Å². The summed E-state index contributed by atoms with van der Waals surface area (Å²) in [5.74, 6) is -0.780. The summed E-state index contributed by atoms with van der Waals surface area (Å²) in [5.41, 5.74) is 1.72. The van der Waals surface area contributed by atoms with Crippen molar-refractivity contribution in [2.75, 3.05) is 13.1 Å². The third kappa shape index (κ3) is 3.09. The van der Waals surface area contributed by atoms with Gasteiger partial charge in [-0.25, -0.2) is 8.78 Å². The molecule has 0 aromatic heterocycles. The summed E-state index contributed by atoms with van der Waals surface area (Å²) in [4.78, 5) is 0. The number of rotatable bonds is 2. The Bertz CT molecular complexity index is 627. The molecule has 2 atom stereocenters. The second kappa shape index (κ2) is 6.12. The Labute approximate surface area is 127 Å². The number of nitrogens with one attached hydrogen (secondary N) is 1. The summed E-state index contributed by atoms with van der Waals surface area (Å²) in [7, 11) is 0. The Morgan fingerprint density at radius 2 is 1.76 bits per heavy atom. The zero-order valence-corrected chi connectivity index (χ0v) is 12.2. The summed E-state index contributed by atoms with van der Waals surface area (Å²) in [6.07, 6.45) is 0.829. The fourth-order valence-corrected chi connectivity index (χ4v) is 3.22. The lowest BCUT2D eigenvalue weighted by molar-refractivity contribution is 0.392. The Morgan fingerprint density at radius 1 is 1.00 bits per heavy atom. The maximum Gasteiger partial charge on any atom is 0.129 e. The van der Waals surface area contributed by atoms with Crippen molar-refractivity contribution in [1.29, 1.82) is 0 Å². The average molecular weight is 308 g/mol. The van der Waals surface area contributed by atoms with Crippen LogP contribution in [0.4, 0.5) is 8.78 Å². The second-order valence-electron chi connectivity index (χ2n) is 5.42. The normalized spacial score (nSPS) is 22.2. The highest BCUT2D eigenvalue weighted by Crippen LogP contribution is 2.38. The molecule has 2 unspecified atom stereocenters. The van der Waals surface area contributed by atoms with Crippen molar-refractivity contribution in [3.63, 3.8) is 0 Å². The number of piperidine rings is 1. The van der Waals surface area contributed by atoms with E-state index in [1.54, 1.807) is 6.07 Å². The van der Waals surface area contributed by atoms with Gasteiger partial charge in [0.1, 0.15) is 11.6 Å². The number of halogens is 3. The van der Waals surface area contributed by atoms with Gasteiger partial charge < -0.3 is 5.32 Å². The van der Waals surface area contributed by atoms with Gasteiger partial charge in [-0.3, -0.25) is 0 Å². The van der Waals surface area contributed by atoms with E-state index < -0.39 is 11.6 Å². The Balaban J connectivity index is 1.96. The van der Waals surface area contributed by atoms with Gasteiger partial charge in [-0.2, -0.15) is 0 Å². The topological polar surface area (TPSA) is 12.0 Å². The Kier molecular flexibility index (Phi) is 4.22. The lowest BCUT2D eigenvalue weighted by Crippen LogP contribution is -2.34. The molecule has 3 rings (SSSR count). The predicted octanol–water partition coefficient (Wildman–Crippen LogP) is 4.48. The van der Waals surface area contributed by atoms with E-state index in [0.717, 1.165) is 31.1 Å². The molecule has 1 aliphatic rings. The Hall–Kier alpha value is -1.45. The van der Waals surface area contributed by atoms with Crippen molar-refractivity contribution in [2.24, 2.45) is 0 Å². The summed E-state index contributed by atoms with van der Waals surface area (Å²) >= 11 is 5.93. The molecule has 2 aromatic rings. The van der Waals surface area contributed by atoms with Crippen LogP contribution in [0.5, 0.6) is 0 Å². The van der Waals surface area contributed by atoms with Crippen LogP contribution in [0.3, 0.4) is 0 Å². The molecule has 2 aromatic carbocycles. The maximum absolute atomic E-state index is 14.1. The lowest BCUT2D eigenvalue weighted by Gasteiger charge is -2.33. The third-order valence-electron chi connectivity index (χ3n) is 4.14. The van der Waals surface area contributed by atoms with Crippen molar-refractivity contribution in [3.8, 4) is 0 Å². The van der Waals surface area contributed by atoms with E-state index in [9.17, 15) is 8.78 Å². The summed E-state index contributed by atoms with van der Waals surface area (Å²) in [5, 5.41) is 4.04. The van der Waals surface area contributed by atoms with Gasteiger partial charge in [0.15, 0.2) is 0 Å². The third-order valence-corrected chi connectivity index (χ3v) is 4.39. The molecule has 0 spiro atoms. The molecule has 4 heteroatoms. The quantitative estimate of drug-likeness (QED) is 0.862. The summed E-state index contributed by atoms with van der Waals surface area (Å²) in [6, 6.07) is 11.5. The van der Waals surface area contributed by atoms with E-state index in [1.807, 2.05) is 24.3 Å². The van der Waals surface area contributed by atoms with Crippen molar-refractivity contribution in [1.82, 2.24) is 5.32 Å². The van der Waals surface area contributed by atoms with Crippen molar-refractivity contribution in [3.05, 3.63) is 70.2 Å². The van der Waals surface area contributed by atoms with Crippen LogP contribution < -0.4 is 5.32 Å². The minimum atomic E-state index is -0.534. The maximum atomic E-state index is 14.1. The van der Waals surface area contributed by atoms with Crippen LogP contribution >= 0.6 is 11.6 Å². The van der Waals surface area contributed by atoms with Gasteiger partial charge in [-0.15, -0.1) is 0 Å². The van der Waals surface area contributed by atoms with E-state index >= 15 is 0 Å². The summed E-state index contributed by atoms with van der Waals surface area (Å²) in [6.45, 7) is 1.62. The van der Waals surface area contributed by atoms with Crippen LogP contribution in [0.15, 0.2) is 42.5 Å². The fourth-order valence-electron chi connectivity index (χ4n) is 3.09. The van der Waals surface area contributed by atoms with Gasteiger partial charge in [0.25, 0.3) is 0 Å². The molecule has 1 heterocycles. The monoisotopic (exact) mass is 307 g/mol. The Morgan fingerprint density at radius 3 is 2.48 bits per heavy atom. The van der Waals surface area contributed by atoms with E-state index in [1.165, 1.54) is 6.07 Å². The fraction of sp³-hybridized carbons (Fsp3) is 0.294. The first-order valence-corrected chi connectivity index (χ1v) is 7.44. The standard InChI is InChI=1S/C17H16ClF2N/c18-12-3-1-11(2-4-12)16-10-21-8-7-14(16)15-6-5-13(19)9-17(15)20/h1-6,9,14,16,21H,7-8,10H2. The van der Waals surface area contributed by atoms with Crippen molar-refractivity contribution >= 4 is 11.6 Å².